The Morgan fingerprint density at radius 1 is 1.26 bits per heavy atom. The molecule has 0 unspecified atom stereocenters. The van der Waals surface area contributed by atoms with Crippen molar-refractivity contribution in [3.05, 3.63) is 47.2 Å². The van der Waals surface area contributed by atoms with Gasteiger partial charge < -0.3 is 0 Å². The fraction of sp³-hybridized carbons (Fsp3) is 0.143. The SMILES string of the molecule is ClCCn1cc(C=Cc2nc3ccccc3s2)cn1. The van der Waals surface area contributed by atoms with Gasteiger partial charge in [-0.2, -0.15) is 5.10 Å². The molecule has 0 aliphatic carbocycles. The Kier molecular flexibility index (Phi) is 3.62. The molecule has 5 heteroatoms. The molecule has 0 aliphatic rings. The van der Waals surface area contributed by atoms with Gasteiger partial charge in [-0.05, 0) is 24.3 Å². The number of benzene rings is 1. The van der Waals surface area contributed by atoms with Crippen LogP contribution in [0.15, 0.2) is 36.7 Å². The number of aryl methyl sites for hydroxylation is 1. The highest BCUT2D eigenvalue weighted by Gasteiger charge is 2.00. The zero-order valence-corrected chi connectivity index (χ0v) is 11.7. The predicted octanol–water partition coefficient (Wildman–Crippen LogP) is 3.90. The van der Waals surface area contributed by atoms with E-state index in [1.165, 1.54) is 4.70 Å². The number of hydrogen-bond donors (Lipinski definition) is 0. The first-order valence-corrected chi connectivity index (χ1v) is 7.32. The Balaban J connectivity index is 1.80. The standard InChI is InChI=1S/C14H12ClN3S/c15-7-8-18-10-11(9-16-18)5-6-14-17-12-3-1-2-4-13(12)19-14/h1-6,9-10H,7-8H2. The van der Waals surface area contributed by atoms with Crippen LogP contribution in [0.5, 0.6) is 0 Å². The minimum Gasteiger partial charge on any atom is -0.271 e. The van der Waals surface area contributed by atoms with E-state index in [-0.39, 0.29) is 0 Å². The lowest BCUT2D eigenvalue weighted by Gasteiger charge is -1.92. The van der Waals surface area contributed by atoms with Crippen LogP contribution in [-0.4, -0.2) is 20.6 Å². The van der Waals surface area contributed by atoms with Gasteiger partial charge in [-0.15, -0.1) is 22.9 Å². The van der Waals surface area contributed by atoms with E-state index < -0.39 is 0 Å². The summed E-state index contributed by atoms with van der Waals surface area (Å²) in [5.74, 6) is 0.572. The molecule has 0 atom stereocenters. The molecule has 3 aromatic rings. The summed E-state index contributed by atoms with van der Waals surface area (Å²) < 4.78 is 3.05. The maximum Gasteiger partial charge on any atom is 0.117 e. The van der Waals surface area contributed by atoms with E-state index in [0.717, 1.165) is 22.6 Å². The maximum atomic E-state index is 5.68. The van der Waals surface area contributed by atoms with E-state index in [9.17, 15) is 0 Å². The van der Waals surface area contributed by atoms with Gasteiger partial charge in [0.1, 0.15) is 5.01 Å². The van der Waals surface area contributed by atoms with Crippen molar-refractivity contribution < 1.29 is 0 Å². The van der Waals surface area contributed by atoms with Crippen LogP contribution in [0.1, 0.15) is 10.6 Å². The van der Waals surface area contributed by atoms with Crippen molar-refractivity contribution in [1.82, 2.24) is 14.8 Å². The number of aromatic nitrogens is 3. The number of hydrogen-bond acceptors (Lipinski definition) is 3. The normalized spacial score (nSPS) is 11.6. The minimum absolute atomic E-state index is 0.572. The second-order valence-corrected chi connectivity index (χ2v) is 5.52. The first-order chi connectivity index (χ1) is 9.35. The van der Waals surface area contributed by atoms with Crippen LogP contribution in [0.4, 0.5) is 0 Å². The summed E-state index contributed by atoms with van der Waals surface area (Å²) in [6, 6.07) is 8.15. The molecule has 0 saturated carbocycles. The third kappa shape index (κ3) is 2.85. The van der Waals surface area contributed by atoms with Crippen molar-refractivity contribution in [2.75, 3.05) is 5.88 Å². The summed E-state index contributed by atoms with van der Waals surface area (Å²) in [6.07, 6.45) is 7.85. The summed E-state index contributed by atoms with van der Waals surface area (Å²) in [6.45, 7) is 0.733. The Hall–Kier alpha value is -1.65. The zero-order chi connectivity index (χ0) is 13.1. The quantitative estimate of drug-likeness (QED) is 0.682. The van der Waals surface area contributed by atoms with Gasteiger partial charge in [-0.1, -0.05) is 12.1 Å². The summed E-state index contributed by atoms with van der Waals surface area (Å²) in [7, 11) is 0. The molecular formula is C14H12ClN3S. The Bertz CT molecular complexity index is 681. The molecule has 19 heavy (non-hydrogen) atoms. The van der Waals surface area contributed by atoms with Crippen molar-refractivity contribution in [1.29, 1.82) is 0 Å². The smallest absolute Gasteiger partial charge is 0.117 e. The Labute approximate surface area is 120 Å². The lowest BCUT2D eigenvalue weighted by atomic mass is 10.3. The molecular weight excluding hydrogens is 278 g/mol. The van der Waals surface area contributed by atoms with Gasteiger partial charge in [0.05, 0.1) is 23.0 Å². The van der Waals surface area contributed by atoms with Gasteiger partial charge in [-0.25, -0.2) is 4.98 Å². The molecule has 1 aromatic carbocycles. The number of fused-ring (bicyclic) bond motifs is 1. The zero-order valence-electron chi connectivity index (χ0n) is 10.2. The Morgan fingerprint density at radius 3 is 3.00 bits per heavy atom. The van der Waals surface area contributed by atoms with E-state index in [1.54, 1.807) is 11.3 Å². The molecule has 0 N–H and O–H groups in total. The van der Waals surface area contributed by atoms with E-state index in [0.29, 0.717) is 5.88 Å². The molecule has 0 radical (unpaired) electrons. The third-order valence-electron chi connectivity index (χ3n) is 2.70. The van der Waals surface area contributed by atoms with Crippen LogP contribution in [0.2, 0.25) is 0 Å². The average Bonchev–Trinajstić information content (AvgIpc) is 3.02. The molecule has 3 nitrogen and oxygen atoms in total. The van der Waals surface area contributed by atoms with E-state index >= 15 is 0 Å². The number of alkyl halides is 1. The lowest BCUT2D eigenvalue weighted by Crippen LogP contribution is -1.98. The maximum absolute atomic E-state index is 5.68. The fourth-order valence-electron chi connectivity index (χ4n) is 1.80. The highest BCUT2D eigenvalue weighted by molar-refractivity contribution is 7.19. The molecule has 2 aromatic heterocycles. The highest BCUT2D eigenvalue weighted by atomic mass is 35.5. The van der Waals surface area contributed by atoms with Gasteiger partial charge in [0.25, 0.3) is 0 Å². The summed E-state index contributed by atoms with van der Waals surface area (Å²) in [5, 5.41) is 5.23. The minimum atomic E-state index is 0.572. The van der Waals surface area contributed by atoms with Crippen LogP contribution < -0.4 is 0 Å². The van der Waals surface area contributed by atoms with Crippen LogP contribution in [0.3, 0.4) is 0 Å². The topological polar surface area (TPSA) is 30.7 Å². The summed E-state index contributed by atoms with van der Waals surface area (Å²) in [5.41, 5.74) is 2.11. The van der Waals surface area contributed by atoms with Crippen molar-refractivity contribution in [3.8, 4) is 0 Å². The molecule has 2 heterocycles. The first kappa shape index (κ1) is 12.4. The van der Waals surface area contributed by atoms with Gasteiger partial charge >= 0.3 is 0 Å². The van der Waals surface area contributed by atoms with E-state index in [1.807, 2.05) is 47.4 Å². The number of thiazole rings is 1. The number of nitrogens with zero attached hydrogens (tertiary/aromatic N) is 3. The molecule has 0 spiro atoms. The van der Waals surface area contributed by atoms with Gasteiger partial charge in [-0.3, -0.25) is 4.68 Å². The summed E-state index contributed by atoms with van der Waals surface area (Å²) >= 11 is 7.36. The monoisotopic (exact) mass is 289 g/mol. The van der Waals surface area contributed by atoms with E-state index in [4.69, 9.17) is 11.6 Å². The largest absolute Gasteiger partial charge is 0.271 e. The molecule has 96 valence electrons. The highest BCUT2D eigenvalue weighted by Crippen LogP contribution is 2.22. The molecule has 0 fully saturated rings. The van der Waals surface area contributed by atoms with Gasteiger partial charge in [0.2, 0.25) is 0 Å². The molecule has 0 bridgehead atoms. The number of para-hydroxylation sites is 1. The van der Waals surface area contributed by atoms with Crippen LogP contribution >= 0.6 is 22.9 Å². The van der Waals surface area contributed by atoms with E-state index in [2.05, 4.69) is 16.1 Å². The van der Waals surface area contributed by atoms with Crippen LogP contribution in [-0.2, 0) is 6.54 Å². The average molecular weight is 290 g/mol. The first-order valence-electron chi connectivity index (χ1n) is 5.97. The lowest BCUT2D eigenvalue weighted by molar-refractivity contribution is 0.664. The van der Waals surface area contributed by atoms with Gasteiger partial charge in [0.15, 0.2) is 0 Å². The second kappa shape index (κ2) is 5.55. The van der Waals surface area contributed by atoms with Crippen LogP contribution in [0.25, 0.3) is 22.4 Å². The molecule has 3 rings (SSSR count). The van der Waals surface area contributed by atoms with Gasteiger partial charge in [0, 0.05) is 17.6 Å². The summed E-state index contributed by atoms with van der Waals surface area (Å²) in [4.78, 5) is 4.55. The van der Waals surface area contributed by atoms with Crippen LogP contribution in [0, 0.1) is 0 Å². The molecule has 0 saturated heterocycles. The van der Waals surface area contributed by atoms with Crippen molar-refractivity contribution >= 4 is 45.3 Å². The third-order valence-corrected chi connectivity index (χ3v) is 3.87. The number of halogens is 1. The Morgan fingerprint density at radius 2 is 2.16 bits per heavy atom. The van der Waals surface area contributed by atoms with Crippen molar-refractivity contribution in [2.24, 2.45) is 0 Å². The van der Waals surface area contributed by atoms with Crippen molar-refractivity contribution in [3.63, 3.8) is 0 Å². The molecule has 0 amide bonds. The number of rotatable bonds is 4. The fourth-order valence-corrected chi connectivity index (χ4v) is 2.85. The second-order valence-electron chi connectivity index (χ2n) is 4.08. The predicted molar refractivity (Wildman–Crippen MR) is 81.5 cm³/mol. The van der Waals surface area contributed by atoms with Crippen molar-refractivity contribution in [2.45, 2.75) is 6.54 Å². The molecule has 0 aliphatic heterocycles.